The van der Waals surface area contributed by atoms with E-state index in [2.05, 4.69) is 24.1 Å². The summed E-state index contributed by atoms with van der Waals surface area (Å²) in [5.41, 5.74) is 2.02. The van der Waals surface area contributed by atoms with E-state index >= 15 is 0 Å². The number of aliphatic hydroxyl groups is 1. The molecular weight excluding hydrogens is 280 g/mol. The van der Waals surface area contributed by atoms with E-state index in [0.29, 0.717) is 6.04 Å². The summed E-state index contributed by atoms with van der Waals surface area (Å²) in [6.07, 6.45) is 6.51. The van der Waals surface area contributed by atoms with Gasteiger partial charge in [0, 0.05) is 18.7 Å². The van der Waals surface area contributed by atoms with E-state index in [1.165, 1.54) is 32.1 Å². The zero-order valence-electron chi connectivity index (χ0n) is 12.5. The van der Waals surface area contributed by atoms with E-state index in [1.807, 2.05) is 18.2 Å². The molecule has 0 unspecified atom stereocenters. The Morgan fingerprint density at radius 3 is 2.57 bits per heavy atom. The van der Waals surface area contributed by atoms with Crippen LogP contribution in [0.25, 0.3) is 11.3 Å². The van der Waals surface area contributed by atoms with E-state index in [1.54, 1.807) is 11.3 Å². The molecule has 2 aromatic rings. The summed E-state index contributed by atoms with van der Waals surface area (Å²) in [5, 5.41) is 10.7. The van der Waals surface area contributed by atoms with Crippen molar-refractivity contribution >= 4 is 16.5 Å². The van der Waals surface area contributed by atoms with Gasteiger partial charge in [-0.15, -0.1) is 0 Å². The van der Waals surface area contributed by atoms with Crippen molar-refractivity contribution in [2.45, 2.75) is 44.8 Å². The second kappa shape index (κ2) is 6.58. The highest BCUT2D eigenvalue weighted by molar-refractivity contribution is 7.16. The minimum Gasteiger partial charge on any atom is -0.391 e. The molecule has 4 heteroatoms. The Labute approximate surface area is 130 Å². The molecule has 0 aliphatic heterocycles. The van der Waals surface area contributed by atoms with Gasteiger partial charge in [-0.05, 0) is 12.8 Å². The van der Waals surface area contributed by atoms with E-state index in [9.17, 15) is 5.11 Å². The number of aliphatic hydroxyl groups excluding tert-OH is 1. The zero-order chi connectivity index (χ0) is 14.7. The molecule has 1 aliphatic rings. The van der Waals surface area contributed by atoms with Crippen molar-refractivity contribution in [2.75, 3.05) is 11.9 Å². The number of anilines is 1. The predicted octanol–water partition coefficient (Wildman–Crippen LogP) is 4.07. The number of rotatable bonds is 4. The minimum absolute atomic E-state index is 0.0560. The first kappa shape index (κ1) is 14.5. The summed E-state index contributed by atoms with van der Waals surface area (Å²) in [4.78, 5) is 8.08. The van der Waals surface area contributed by atoms with Crippen LogP contribution in [0, 0.1) is 0 Å². The van der Waals surface area contributed by atoms with Crippen LogP contribution in [-0.2, 0) is 6.61 Å². The Hall–Kier alpha value is -1.39. The monoisotopic (exact) mass is 302 g/mol. The van der Waals surface area contributed by atoms with Gasteiger partial charge in [-0.2, -0.15) is 0 Å². The van der Waals surface area contributed by atoms with Crippen molar-refractivity contribution in [2.24, 2.45) is 0 Å². The molecule has 3 nitrogen and oxygen atoms in total. The molecular formula is C17H22N2OS. The molecule has 1 fully saturated rings. The van der Waals surface area contributed by atoms with Gasteiger partial charge in [0.25, 0.3) is 0 Å². The lowest BCUT2D eigenvalue weighted by atomic mass is 9.95. The van der Waals surface area contributed by atoms with Crippen molar-refractivity contribution in [3.05, 3.63) is 35.2 Å². The van der Waals surface area contributed by atoms with Gasteiger partial charge < -0.3 is 10.0 Å². The van der Waals surface area contributed by atoms with Crippen LogP contribution in [0.3, 0.4) is 0 Å². The molecule has 1 saturated carbocycles. The second-order valence-corrected chi connectivity index (χ2v) is 6.76. The second-order valence-electron chi connectivity index (χ2n) is 5.70. The van der Waals surface area contributed by atoms with Gasteiger partial charge in [-0.3, -0.25) is 0 Å². The maximum atomic E-state index is 9.64. The largest absolute Gasteiger partial charge is 0.391 e. The highest BCUT2D eigenvalue weighted by Gasteiger charge is 2.22. The van der Waals surface area contributed by atoms with Crippen LogP contribution >= 0.6 is 11.3 Å². The van der Waals surface area contributed by atoms with Gasteiger partial charge in [0.2, 0.25) is 0 Å². The van der Waals surface area contributed by atoms with Gasteiger partial charge in [0.1, 0.15) is 0 Å². The zero-order valence-corrected chi connectivity index (χ0v) is 13.3. The van der Waals surface area contributed by atoms with Crippen LogP contribution in [-0.4, -0.2) is 23.2 Å². The summed E-state index contributed by atoms with van der Waals surface area (Å²) in [6.45, 7) is 0.0560. The molecule has 0 spiro atoms. The van der Waals surface area contributed by atoms with Gasteiger partial charge >= 0.3 is 0 Å². The van der Waals surface area contributed by atoms with E-state index < -0.39 is 0 Å². The molecule has 1 aliphatic carbocycles. The predicted molar refractivity (Wildman–Crippen MR) is 88.7 cm³/mol. The Bertz CT molecular complexity index is 576. The molecule has 3 rings (SSSR count). The molecule has 0 amide bonds. The van der Waals surface area contributed by atoms with Crippen LogP contribution in [0.15, 0.2) is 30.3 Å². The van der Waals surface area contributed by atoms with Gasteiger partial charge in [-0.1, -0.05) is 60.9 Å². The lowest BCUT2D eigenvalue weighted by Gasteiger charge is -2.30. The normalized spacial score (nSPS) is 16.1. The molecule has 1 N–H and O–H groups in total. The molecule has 112 valence electrons. The van der Waals surface area contributed by atoms with Crippen molar-refractivity contribution in [1.29, 1.82) is 0 Å². The summed E-state index contributed by atoms with van der Waals surface area (Å²) in [5.74, 6) is 0. The maximum Gasteiger partial charge on any atom is 0.186 e. The quantitative estimate of drug-likeness (QED) is 0.925. The van der Waals surface area contributed by atoms with Crippen LogP contribution < -0.4 is 4.90 Å². The first-order valence-electron chi connectivity index (χ1n) is 7.68. The van der Waals surface area contributed by atoms with Crippen molar-refractivity contribution < 1.29 is 5.11 Å². The highest BCUT2D eigenvalue weighted by Crippen LogP contribution is 2.35. The van der Waals surface area contributed by atoms with Crippen LogP contribution in [0.1, 0.15) is 37.0 Å². The van der Waals surface area contributed by atoms with E-state index in [-0.39, 0.29) is 6.61 Å². The van der Waals surface area contributed by atoms with Gasteiger partial charge in [0.15, 0.2) is 5.13 Å². The SMILES string of the molecule is CN(c1nc(-c2ccccc2)c(CO)s1)C1CCCCC1. The first-order valence-corrected chi connectivity index (χ1v) is 8.50. The number of benzene rings is 1. The lowest BCUT2D eigenvalue weighted by Crippen LogP contribution is -2.33. The molecule has 0 radical (unpaired) electrons. The summed E-state index contributed by atoms with van der Waals surface area (Å²) < 4.78 is 0. The molecule has 1 aromatic carbocycles. The molecule has 0 saturated heterocycles. The van der Waals surface area contributed by atoms with E-state index in [0.717, 1.165) is 21.3 Å². The molecule has 1 aromatic heterocycles. The Morgan fingerprint density at radius 2 is 1.90 bits per heavy atom. The highest BCUT2D eigenvalue weighted by atomic mass is 32.1. The average molecular weight is 302 g/mol. The molecule has 0 atom stereocenters. The average Bonchev–Trinajstić information content (AvgIpc) is 3.00. The third-order valence-electron chi connectivity index (χ3n) is 4.30. The van der Waals surface area contributed by atoms with Crippen molar-refractivity contribution in [3.8, 4) is 11.3 Å². The van der Waals surface area contributed by atoms with Crippen LogP contribution in [0.4, 0.5) is 5.13 Å². The smallest absolute Gasteiger partial charge is 0.186 e. The third kappa shape index (κ3) is 3.11. The van der Waals surface area contributed by atoms with Crippen LogP contribution in [0.2, 0.25) is 0 Å². The maximum absolute atomic E-state index is 9.64. The standard InChI is InChI=1S/C17H22N2OS/c1-19(14-10-6-3-7-11-14)17-18-16(15(12-20)21-17)13-8-4-2-5-9-13/h2,4-5,8-9,14,20H,3,6-7,10-12H2,1H3. The van der Waals surface area contributed by atoms with Crippen LogP contribution in [0.5, 0.6) is 0 Å². The Morgan fingerprint density at radius 1 is 1.19 bits per heavy atom. The first-order chi connectivity index (χ1) is 10.3. The fraction of sp³-hybridized carbons (Fsp3) is 0.471. The fourth-order valence-electron chi connectivity index (χ4n) is 3.04. The summed E-state index contributed by atoms with van der Waals surface area (Å²) in [7, 11) is 2.14. The molecule has 1 heterocycles. The van der Waals surface area contributed by atoms with E-state index in [4.69, 9.17) is 4.98 Å². The molecule has 21 heavy (non-hydrogen) atoms. The number of hydrogen-bond donors (Lipinski definition) is 1. The van der Waals surface area contributed by atoms with Gasteiger partial charge in [0.05, 0.1) is 17.2 Å². The Balaban J connectivity index is 1.88. The number of hydrogen-bond acceptors (Lipinski definition) is 4. The topological polar surface area (TPSA) is 36.4 Å². The fourth-order valence-corrected chi connectivity index (χ4v) is 4.02. The van der Waals surface area contributed by atoms with Crippen molar-refractivity contribution in [3.63, 3.8) is 0 Å². The summed E-state index contributed by atoms with van der Waals surface area (Å²) in [6, 6.07) is 10.7. The minimum atomic E-state index is 0.0560. The number of thiazole rings is 1. The number of aromatic nitrogens is 1. The molecule has 0 bridgehead atoms. The Kier molecular flexibility index (Phi) is 4.56. The van der Waals surface area contributed by atoms with Crippen molar-refractivity contribution in [1.82, 2.24) is 4.98 Å². The third-order valence-corrected chi connectivity index (χ3v) is 5.43. The lowest BCUT2D eigenvalue weighted by molar-refractivity contribution is 0.286. The summed E-state index contributed by atoms with van der Waals surface area (Å²) >= 11 is 1.62. The number of nitrogens with zero attached hydrogens (tertiary/aromatic N) is 2. The van der Waals surface area contributed by atoms with Gasteiger partial charge in [-0.25, -0.2) is 4.98 Å².